The maximum Gasteiger partial charge on any atom is 0.251 e. The molecule has 0 spiro atoms. The molecular weight excluding hydrogens is 226 g/mol. The molecule has 0 aliphatic heterocycles. The van der Waals surface area contributed by atoms with Gasteiger partial charge >= 0.3 is 0 Å². The summed E-state index contributed by atoms with van der Waals surface area (Å²) in [7, 11) is 0. The molecule has 4 heteroatoms. The minimum absolute atomic E-state index is 0.0462. The van der Waals surface area contributed by atoms with Gasteiger partial charge in [0.1, 0.15) is 5.82 Å². The number of nitrogens with zero attached hydrogens (tertiary/aromatic N) is 1. The van der Waals surface area contributed by atoms with Crippen LogP contribution in [0, 0.1) is 11.8 Å². The summed E-state index contributed by atoms with van der Waals surface area (Å²) in [4.78, 5) is 16.0. The van der Waals surface area contributed by atoms with Gasteiger partial charge in [0.25, 0.3) is 5.91 Å². The number of amides is 1. The highest BCUT2D eigenvalue weighted by molar-refractivity contribution is 5.94. The summed E-state index contributed by atoms with van der Waals surface area (Å²) < 4.78 is 0. The molecule has 0 aromatic carbocycles. The predicted octanol–water partition coefficient (Wildman–Crippen LogP) is 2.22. The van der Waals surface area contributed by atoms with Gasteiger partial charge in [-0.25, -0.2) is 4.98 Å². The molecule has 0 bridgehead atoms. The van der Waals surface area contributed by atoms with Gasteiger partial charge in [0.15, 0.2) is 0 Å². The van der Waals surface area contributed by atoms with Gasteiger partial charge in [0.2, 0.25) is 0 Å². The Morgan fingerprint density at radius 3 is 2.94 bits per heavy atom. The Bertz CT molecular complexity index is 433. The van der Waals surface area contributed by atoms with Crippen molar-refractivity contribution in [3.63, 3.8) is 0 Å². The normalized spacial score (nSPS) is 27.8. The second-order valence-corrected chi connectivity index (χ2v) is 5.32. The number of anilines is 1. The fourth-order valence-corrected chi connectivity index (χ4v) is 2.63. The van der Waals surface area contributed by atoms with Gasteiger partial charge in [0.05, 0.1) is 0 Å². The lowest BCUT2D eigenvalue weighted by molar-refractivity contribution is 0.0891. The summed E-state index contributed by atoms with van der Waals surface area (Å²) in [5, 5.41) is 3.12. The standard InChI is InChI=1S/C14H21N3O/c1-9-4-3-5-12(10(9)2)17-14(18)11-6-7-16-13(15)8-11/h6-10,12H,3-5H2,1-2H3,(H2,15,16)(H,17,18). The smallest absolute Gasteiger partial charge is 0.251 e. The van der Waals surface area contributed by atoms with Gasteiger partial charge in [-0.2, -0.15) is 0 Å². The molecular formula is C14H21N3O. The molecule has 98 valence electrons. The number of hydrogen-bond acceptors (Lipinski definition) is 3. The van der Waals surface area contributed by atoms with E-state index in [0.29, 0.717) is 23.2 Å². The first-order chi connectivity index (χ1) is 8.58. The highest BCUT2D eigenvalue weighted by Gasteiger charge is 2.28. The van der Waals surface area contributed by atoms with Crippen molar-refractivity contribution in [3.05, 3.63) is 23.9 Å². The first-order valence-electron chi connectivity index (χ1n) is 6.60. The molecule has 2 rings (SSSR count). The fraction of sp³-hybridized carbons (Fsp3) is 0.571. The van der Waals surface area contributed by atoms with Gasteiger partial charge < -0.3 is 11.1 Å². The number of rotatable bonds is 2. The van der Waals surface area contributed by atoms with Crippen LogP contribution in [-0.2, 0) is 0 Å². The average molecular weight is 247 g/mol. The zero-order chi connectivity index (χ0) is 13.1. The van der Waals surface area contributed by atoms with E-state index in [1.54, 1.807) is 18.3 Å². The quantitative estimate of drug-likeness (QED) is 0.842. The van der Waals surface area contributed by atoms with Crippen molar-refractivity contribution >= 4 is 11.7 Å². The van der Waals surface area contributed by atoms with Crippen molar-refractivity contribution in [2.24, 2.45) is 11.8 Å². The number of carbonyl (C=O) groups excluding carboxylic acids is 1. The van der Waals surface area contributed by atoms with Gasteiger partial charge in [0, 0.05) is 17.8 Å². The van der Waals surface area contributed by atoms with Gasteiger partial charge in [-0.1, -0.05) is 26.7 Å². The van der Waals surface area contributed by atoms with Crippen LogP contribution in [0.25, 0.3) is 0 Å². The summed E-state index contributed by atoms with van der Waals surface area (Å²) >= 11 is 0. The number of nitrogen functional groups attached to an aromatic ring is 1. The highest BCUT2D eigenvalue weighted by atomic mass is 16.1. The molecule has 1 saturated carbocycles. The van der Waals surface area contributed by atoms with Crippen molar-refractivity contribution in [2.45, 2.75) is 39.2 Å². The van der Waals surface area contributed by atoms with E-state index in [9.17, 15) is 4.79 Å². The Labute approximate surface area is 108 Å². The molecule has 3 N–H and O–H groups in total. The number of nitrogens with two attached hydrogens (primary N) is 1. The minimum Gasteiger partial charge on any atom is -0.384 e. The second kappa shape index (κ2) is 5.38. The maximum absolute atomic E-state index is 12.1. The third kappa shape index (κ3) is 2.81. The molecule has 3 atom stereocenters. The van der Waals surface area contributed by atoms with E-state index in [4.69, 9.17) is 5.73 Å². The highest BCUT2D eigenvalue weighted by Crippen LogP contribution is 2.29. The van der Waals surface area contributed by atoms with Crippen LogP contribution in [0.2, 0.25) is 0 Å². The molecule has 1 aliphatic rings. The Balaban J connectivity index is 2.03. The number of carbonyl (C=O) groups is 1. The number of hydrogen-bond donors (Lipinski definition) is 2. The first kappa shape index (κ1) is 12.9. The van der Waals surface area contributed by atoms with Crippen LogP contribution < -0.4 is 11.1 Å². The summed E-state index contributed by atoms with van der Waals surface area (Å²) in [6, 6.07) is 3.59. The minimum atomic E-state index is -0.0462. The van der Waals surface area contributed by atoms with E-state index in [1.165, 1.54) is 12.8 Å². The lowest BCUT2D eigenvalue weighted by Crippen LogP contribution is -2.43. The van der Waals surface area contributed by atoms with Crippen LogP contribution in [-0.4, -0.2) is 16.9 Å². The van der Waals surface area contributed by atoms with Crippen molar-refractivity contribution < 1.29 is 4.79 Å². The Hall–Kier alpha value is -1.58. The monoisotopic (exact) mass is 247 g/mol. The van der Waals surface area contributed by atoms with Crippen LogP contribution in [0.15, 0.2) is 18.3 Å². The molecule has 18 heavy (non-hydrogen) atoms. The van der Waals surface area contributed by atoms with Crippen LogP contribution in [0.3, 0.4) is 0 Å². The molecule has 0 radical (unpaired) electrons. The van der Waals surface area contributed by atoms with E-state index >= 15 is 0 Å². The zero-order valence-electron chi connectivity index (χ0n) is 11.0. The molecule has 1 aromatic rings. The molecule has 3 unspecified atom stereocenters. The lowest BCUT2D eigenvalue weighted by Gasteiger charge is -2.34. The topological polar surface area (TPSA) is 68.0 Å². The van der Waals surface area contributed by atoms with Crippen LogP contribution in [0.4, 0.5) is 5.82 Å². The second-order valence-electron chi connectivity index (χ2n) is 5.32. The van der Waals surface area contributed by atoms with Crippen LogP contribution in [0.1, 0.15) is 43.5 Å². The van der Waals surface area contributed by atoms with E-state index in [0.717, 1.165) is 6.42 Å². The number of pyridine rings is 1. The molecule has 1 fully saturated rings. The van der Waals surface area contributed by atoms with Crippen LogP contribution in [0.5, 0.6) is 0 Å². The molecule has 1 amide bonds. The number of aromatic nitrogens is 1. The third-order valence-corrected chi connectivity index (χ3v) is 4.07. The zero-order valence-corrected chi connectivity index (χ0v) is 11.0. The van der Waals surface area contributed by atoms with Crippen LogP contribution >= 0.6 is 0 Å². The van der Waals surface area contributed by atoms with Gasteiger partial charge in [-0.3, -0.25) is 4.79 Å². The Morgan fingerprint density at radius 1 is 1.44 bits per heavy atom. The first-order valence-corrected chi connectivity index (χ1v) is 6.60. The van der Waals surface area contributed by atoms with E-state index in [-0.39, 0.29) is 11.9 Å². The Kier molecular flexibility index (Phi) is 3.84. The van der Waals surface area contributed by atoms with Gasteiger partial charge in [-0.05, 0) is 30.4 Å². The molecule has 4 nitrogen and oxygen atoms in total. The Morgan fingerprint density at radius 2 is 2.22 bits per heavy atom. The SMILES string of the molecule is CC1CCCC(NC(=O)c2ccnc(N)c2)C1C. The fourth-order valence-electron chi connectivity index (χ4n) is 2.63. The van der Waals surface area contributed by atoms with Crippen molar-refractivity contribution in [1.29, 1.82) is 0 Å². The van der Waals surface area contributed by atoms with E-state index in [2.05, 4.69) is 24.1 Å². The molecule has 1 heterocycles. The third-order valence-electron chi connectivity index (χ3n) is 4.07. The summed E-state index contributed by atoms with van der Waals surface area (Å²) in [6.45, 7) is 4.48. The lowest BCUT2D eigenvalue weighted by atomic mass is 9.78. The summed E-state index contributed by atoms with van der Waals surface area (Å²) in [6.07, 6.45) is 5.08. The summed E-state index contributed by atoms with van der Waals surface area (Å²) in [5.74, 6) is 1.54. The maximum atomic E-state index is 12.1. The van der Waals surface area contributed by atoms with Crippen molar-refractivity contribution in [1.82, 2.24) is 10.3 Å². The van der Waals surface area contributed by atoms with Crippen molar-refractivity contribution in [2.75, 3.05) is 5.73 Å². The largest absolute Gasteiger partial charge is 0.384 e. The van der Waals surface area contributed by atoms with Gasteiger partial charge in [-0.15, -0.1) is 0 Å². The van der Waals surface area contributed by atoms with E-state index in [1.807, 2.05) is 0 Å². The molecule has 1 aromatic heterocycles. The predicted molar refractivity (Wildman–Crippen MR) is 72.1 cm³/mol. The number of nitrogens with one attached hydrogen (secondary N) is 1. The summed E-state index contributed by atoms with van der Waals surface area (Å²) in [5.41, 5.74) is 6.18. The van der Waals surface area contributed by atoms with E-state index < -0.39 is 0 Å². The molecule has 0 saturated heterocycles. The van der Waals surface area contributed by atoms with Crippen molar-refractivity contribution in [3.8, 4) is 0 Å². The molecule has 1 aliphatic carbocycles. The average Bonchev–Trinajstić information content (AvgIpc) is 2.35.